The van der Waals surface area contributed by atoms with Crippen LogP contribution in [-0.4, -0.2) is 34.8 Å². The second-order valence-electron chi connectivity index (χ2n) is 4.96. The predicted octanol–water partition coefficient (Wildman–Crippen LogP) is 2.83. The Morgan fingerprint density at radius 2 is 2.00 bits per heavy atom. The number of halogens is 1. The molecule has 1 fully saturated rings. The second kappa shape index (κ2) is 7.63. The van der Waals surface area contributed by atoms with Crippen LogP contribution in [0.1, 0.15) is 19.4 Å². The molecule has 0 radical (unpaired) electrons. The van der Waals surface area contributed by atoms with Crippen LogP contribution < -0.4 is 5.43 Å². The highest BCUT2D eigenvalue weighted by atomic mass is 35.5. The average Bonchev–Trinajstić information content (AvgIpc) is 2.75. The molecule has 2 rings (SSSR count). The average molecular weight is 355 g/mol. The van der Waals surface area contributed by atoms with E-state index in [0.29, 0.717) is 10.0 Å². The Morgan fingerprint density at radius 1 is 1.35 bits per heavy atom. The summed E-state index contributed by atoms with van der Waals surface area (Å²) in [7, 11) is 0. The Labute approximate surface area is 142 Å². The molecule has 0 spiro atoms. The minimum Gasteiger partial charge on any atom is -0.369 e. The summed E-state index contributed by atoms with van der Waals surface area (Å²) >= 11 is 6.56. The number of thioether (sulfide) groups is 1. The van der Waals surface area contributed by atoms with Crippen LogP contribution in [0.15, 0.2) is 29.2 Å². The maximum absolute atomic E-state index is 12.2. The van der Waals surface area contributed by atoms with Crippen molar-refractivity contribution in [1.29, 1.82) is 0 Å². The maximum atomic E-state index is 12.2. The number of rotatable bonds is 5. The number of carbonyl (C=O) groups is 3. The summed E-state index contributed by atoms with van der Waals surface area (Å²) in [5.41, 5.74) is 2.98. The molecule has 23 heavy (non-hydrogen) atoms. The monoisotopic (exact) mass is 354 g/mol. The fourth-order valence-electron chi connectivity index (χ4n) is 1.67. The Morgan fingerprint density at radius 3 is 2.61 bits per heavy atom. The Kier molecular flexibility index (Phi) is 5.81. The lowest BCUT2D eigenvalue weighted by atomic mass is 10.2. The highest BCUT2D eigenvalue weighted by molar-refractivity contribution is 8.18. The molecule has 6 nitrogen and oxygen atoms in total. The first-order chi connectivity index (χ1) is 10.9. The summed E-state index contributed by atoms with van der Waals surface area (Å²) in [6.07, 6.45) is 1.44. The number of hydrogen-bond acceptors (Lipinski definition) is 5. The van der Waals surface area contributed by atoms with E-state index in [-0.39, 0.29) is 17.6 Å². The largest absolute Gasteiger partial charge is 0.369 e. The highest BCUT2D eigenvalue weighted by Crippen LogP contribution is 2.31. The summed E-state index contributed by atoms with van der Waals surface area (Å²) < 4.78 is 5.12. The molecule has 0 aromatic heterocycles. The zero-order valence-electron chi connectivity index (χ0n) is 12.5. The van der Waals surface area contributed by atoms with Gasteiger partial charge in [0.05, 0.1) is 11.0 Å². The van der Waals surface area contributed by atoms with Crippen LogP contribution in [0, 0.1) is 0 Å². The fourth-order valence-corrected chi connectivity index (χ4v) is 2.58. The van der Waals surface area contributed by atoms with Crippen LogP contribution in [0.5, 0.6) is 0 Å². The van der Waals surface area contributed by atoms with Gasteiger partial charge in [-0.25, -0.2) is 0 Å². The summed E-state index contributed by atoms with van der Waals surface area (Å²) in [5.74, 6) is -1.14. The SMILES string of the molecule is CC(C)OCC(=O)NN1C(=O)S/C(=C\c2ccc(Cl)cc2)C1=O. The summed E-state index contributed by atoms with van der Waals surface area (Å²) in [6, 6.07) is 6.82. The van der Waals surface area contributed by atoms with Crippen molar-refractivity contribution in [2.75, 3.05) is 6.61 Å². The van der Waals surface area contributed by atoms with Crippen LogP contribution in [0.2, 0.25) is 5.02 Å². The van der Waals surface area contributed by atoms with E-state index in [1.54, 1.807) is 44.2 Å². The lowest BCUT2D eigenvalue weighted by Crippen LogP contribution is -2.46. The molecule has 1 aliphatic heterocycles. The Balaban J connectivity index is 2.04. The molecule has 1 aromatic rings. The molecule has 0 atom stereocenters. The van der Waals surface area contributed by atoms with Crippen molar-refractivity contribution in [3.63, 3.8) is 0 Å². The molecule has 1 N–H and O–H groups in total. The standard InChI is InChI=1S/C15H15ClN2O4S/c1-9(2)22-8-13(19)17-18-14(20)12(23-15(18)21)7-10-3-5-11(16)6-4-10/h3-7,9H,8H2,1-2H3,(H,17,19)/b12-7-. The second-order valence-corrected chi connectivity index (χ2v) is 6.39. The van der Waals surface area contributed by atoms with Crippen LogP contribution in [0.4, 0.5) is 4.79 Å². The first kappa shape index (κ1) is 17.5. The van der Waals surface area contributed by atoms with E-state index in [9.17, 15) is 14.4 Å². The number of hydrazine groups is 1. The number of nitrogens with zero attached hydrogens (tertiary/aromatic N) is 1. The van der Waals surface area contributed by atoms with Gasteiger partial charge >= 0.3 is 5.24 Å². The minimum atomic E-state index is -0.576. The molecule has 1 aromatic carbocycles. The van der Waals surface area contributed by atoms with Crippen molar-refractivity contribution in [3.05, 3.63) is 39.8 Å². The summed E-state index contributed by atoms with van der Waals surface area (Å²) in [6.45, 7) is 3.33. The first-order valence-electron chi connectivity index (χ1n) is 6.81. The number of ether oxygens (including phenoxy) is 1. The zero-order chi connectivity index (χ0) is 17.0. The van der Waals surface area contributed by atoms with Crippen LogP contribution in [0.25, 0.3) is 6.08 Å². The fraction of sp³-hybridized carbons (Fsp3) is 0.267. The van der Waals surface area contributed by atoms with Gasteiger partial charge in [-0.2, -0.15) is 5.01 Å². The Bertz CT molecular complexity index is 658. The molecule has 0 bridgehead atoms. The van der Waals surface area contributed by atoms with E-state index in [0.717, 1.165) is 17.3 Å². The minimum absolute atomic E-state index is 0.125. The van der Waals surface area contributed by atoms with E-state index in [1.807, 2.05) is 0 Å². The third-order valence-corrected chi connectivity index (χ3v) is 3.87. The van der Waals surface area contributed by atoms with Gasteiger partial charge in [-0.1, -0.05) is 23.7 Å². The third kappa shape index (κ3) is 4.82. The van der Waals surface area contributed by atoms with Crippen molar-refractivity contribution in [3.8, 4) is 0 Å². The number of nitrogens with one attached hydrogen (secondary N) is 1. The molecule has 3 amide bonds. The maximum Gasteiger partial charge on any atom is 0.312 e. The molecule has 0 aliphatic carbocycles. The van der Waals surface area contributed by atoms with E-state index >= 15 is 0 Å². The van der Waals surface area contributed by atoms with E-state index in [2.05, 4.69) is 5.43 Å². The smallest absolute Gasteiger partial charge is 0.312 e. The lowest BCUT2D eigenvalue weighted by molar-refractivity contribution is -0.137. The van der Waals surface area contributed by atoms with Crippen LogP contribution in [0.3, 0.4) is 0 Å². The number of benzene rings is 1. The molecular weight excluding hydrogens is 340 g/mol. The van der Waals surface area contributed by atoms with Crippen LogP contribution >= 0.6 is 23.4 Å². The van der Waals surface area contributed by atoms with Crippen molar-refractivity contribution < 1.29 is 19.1 Å². The Hall–Kier alpha value is -1.83. The molecule has 0 unspecified atom stereocenters. The molecule has 1 aliphatic rings. The van der Waals surface area contributed by atoms with Crippen molar-refractivity contribution in [2.45, 2.75) is 20.0 Å². The quantitative estimate of drug-likeness (QED) is 0.823. The topological polar surface area (TPSA) is 75.7 Å². The van der Waals surface area contributed by atoms with Gasteiger partial charge in [-0.05, 0) is 49.4 Å². The summed E-state index contributed by atoms with van der Waals surface area (Å²) in [5, 5.41) is 0.708. The van der Waals surface area contributed by atoms with Gasteiger partial charge in [0.1, 0.15) is 6.61 Å². The molecule has 122 valence electrons. The van der Waals surface area contributed by atoms with Gasteiger partial charge in [0.2, 0.25) is 0 Å². The highest BCUT2D eigenvalue weighted by Gasteiger charge is 2.36. The molecule has 1 saturated heterocycles. The normalized spacial score (nSPS) is 16.5. The van der Waals surface area contributed by atoms with Gasteiger partial charge < -0.3 is 4.74 Å². The number of amides is 3. The van der Waals surface area contributed by atoms with Crippen molar-refractivity contribution >= 4 is 46.5 Å². The molecule has 1 heterocycles. The molecular formula is C15H15ClN2O4S. The molecule has 0 saturated carbocycles. The third-order valence-electron chi connectivity index (χ3n) is 2.75. The van der Waals surface area contributed by atoms with Crippen molar-refractivity contribution in [1.82, 2.24) is 10.4 Å². The van der Waals surface area contributed by atoms with Gasteiger partial charge in [0.15, 0.2) is 0 Å². The van der Waals surface area contributed by atoms with Gasteiger partial charge in [0, 0.05) is 5.02 Å². The number of imide groups is 1. The molecule has 8 heteroatoms. The lowest BCUT2D eigenvalue weighted by Gasteiger charge is -2.14. The van der Waals surface area contributed by atoms with E-state index < -0.39 is 17.1 Å². The first-order valence-corrected chi connectivity index (χ1v) is 8.01. The van der Waals surface area contributed by atoms with Crippen molar-refractivity contribution in [2.24, 2.45) is 0 Å². The predicted molar refractivity (Wildman–Crippen MR) is 88.5 cm³/mol. The van der Waals surface area contributed by atoms with E-state index in [4.69, 9.17) is 16.3 Å². The van der Waals surface area contributed by atoms with E-state index in [1.165, 1.54) is 0 Å². The van der Waals surface area contributed by atoms with Gasteiger partial charge in [-0.15, -0.1) is 0 Å². The van der Waals surface area contributed by atoms with Gasteiger partial charge in [0.25, 0.3) is 11.8 Å². The number of carbonyl (C=O) groups excluding carboxylic acids is 3. The number of hydrogen-bond donors (Lipinski definition) is 1. The zero-order valence-corrected chi connectivity index (χ0v) is 14.1. The summed E-state index contributed by atoms with van der Waals surface area (Å²) in [4.78, 5) is 36.0. The van der Waals surface area contributed by atoms with Crippen LogP contribution in [-0.2, 0) is 14.3 Å². The van der Waals surface area contributed by atoms with Gasteiger partial charge in [-0.3, -0.25) is 19.8 Å².